The van der Waals surface area contributed by atoms with Gasteiger partial charge in [-0.05, 0) is 36.1 Å². The van der Waals surface area contributed by atoms with Crippen LogP contribution >= 0.6 is 11.3 Å². The minimum atomic E-state index is -0.400. The van der Waals surface area contributed by atoms with Gasteiger partial charge in [-0.25, -0.2) is 8.78 Å². The van der Waals surface area contributed by atoms with Gasteiger partial charge in [0.15, 0.2) is 0 Å². The molecule has 96 valence electrons. The summed E-state index contributed by atoms with van der Waals surface area (Å²) in [6, 6.07) is 7.43. The molecule has 0 unspecified atom stereocenters. The zero-order chi connectivity index (χ0) is 13.0. The summed E-state index contributed by atoms with van der Waals surface area (Å²) in [6.45, 7) is 2.63. The molecule has 1 aromatic heterocycles. The molecule has 0 aliphatic carbocycles. The number of rotatable bonds is 5. The van der Waals surface area contributed by atoms with Gasteiger partial charge in [0.2, 0.25) is 0 Å². The van der Waals surface area contributed by atoms with E-state index in [0.717, 1.165) is 6.07 Å². The van der Waals surface area contributed by atoms with Gasteiger partial charge in [0.1, 0.15) is 11.6 Å². The van der Waals surface area contributed by atoms with Gasteiger partial charge in [-0.15, -0.1) is 11.3 Å². The maximum absolute atomic E-state index is 13.7. The van der Waals surface area contributed by atoms with Crippen molar-refractivity contribution in [2.45, 2.75) is 25.9 Å². The third-order valence-corrected chi connectivity index (χ3v) is 3.72. The van der Waals surface area contributed by atoms with Crippen LogP contribution in [0.25, 0.3) is 0 Å². The van der Waals surface area contributed by atoms with E-state index >= 15 is 0 Å². The molecule has 4 heteroatoms. The van der Waals surface area contributed by atoms with Crippen LogP contribution in [0.5, 0.6) is 0 Å². The van der Waals surface area contributed by atoms with Crippen LogP contribution in [0, 0.1) is 11.6 Å². The normalized spacial score (nSPS) is 12.6. The largest absolute Gasteiger partial charge is 0.305 e. The Kier molecular flexibility index (Phi) is 4.44. The molecular weight excluding hydrogens is 252 g/mol. The van der Waals surface area contributed by atoms with Gasteiger partial charge in [0.05, 0.1) is 0 Å². The molecule has 2 aromatic rings. The number of thiophene rings is 1. The summed E-state index contributed by atoms with van der Waals surface area (Å²) in [5.74, 6) is -0.760. The Balaban J connectivity index is 2.10. The summed E-state index contributed by atoms with van der Waals surface area (Å²) in [7, 11) is 0. The van der Waals surface area contributed by atoms with E-state index in [1.54, 1.807) is 11.3 Å². The Bertz CT molecular complexity index is 497. The summed E-state index contributed by atoms with van der Waals surface area (Å²) >= 11 is 1.65. The molecule has 1 heterocycles. The lowest BCUT2D eigenvalue weighted by Gasteiger charge is -2.17. The fraction of sp³-hybridized carbons (Fsp3) is 0.286. The van der Waals surface area contributed by atoms with Gasteiger partial charge in [0.25, 0.3) is 0 Å². The summed E-state index contributed by atoms with van der Waals surface area (Å²) in [4.78, 5) is 1.19. The lowest BCUT2D eigenvalue weighted by atomic mass is 10.0. The zero-order valence-corrected chi connectivity index (χ0v) is 10.9. The molecule has 0 saturated heterocycles. The second-order valence-electron chi connectivity index (χ2n) is 4.09. The van der Waals surface area contributed by atoms with Gasteiger partial charge in [-0.1, -0.05) is 13.0 Å². The van der Waals surface area contributed by atoms with Crippen LogP contribution in [-0.4, -0.2) is 0 Å². The van der Waals surface area contributed by atoms with Crippen molar-refractivity contribution in [3.63, 3.8) is 0 Å². The summed E-state index contributed by atoms with van der Waals surface area (Å²) < 4.78 is 26.8. The zero-order valence-electron chi connectivity index (χ0n) is 10.1. The second-order valence-corrected chi connectivity index (χ2v) is 5.12. The van der Waals surface area contributed by atoms with Crippen molar-refractivity contribution < 1.29 is 8.78 Å². The Morgan fingerprint density at radius 2 is 2.11 bits per heavy atom. The van der Waals surface area contributed by atoms with E-state index in [0.29, 0.717) is 18.5 Å². The first-order valence-corrected chi connectivity index (χ1v) is 6.79. The van der Waals surface area contributed by atoms with E-state index in [2.05, 4.69) is 5.32 Å². The van der Waals surface area contributed by atoms with Gasteiger partial charge in [-0.2, -0.15) is 0 Å². The molecule has 2 rings (SSSR count). The standard InChI is InChI=1S/C14H15F2NS/c1-2-14(17-9-11-4-3-7-18-11)12-8-10(15)5-6-13(12)16/h3-8,14,17H,2,9H2,1H3/t14-/m1/s1. The molecular formula is C14H15F2NS. The lowest BCUT2D eigenvalue weighted by molar-refractivity contribution is 0.484. The number of benzene rings is 1. The maximum atomic E-state index is 13.7. The predicted molar refractivity (Wildman–Crippen MR) is 70.5 cm³/mol. The van der Waals surface area contributed by atoms with E-state index in [9.17, 15) is 8.78 Å². The first-order chi connectivity index (χ1) is 8.70. The van der Waals surface area contributed by atoms with Gasteiger partial charge in [0, 0.05) is 23.0 Å². The number of hydrogen-bond acceptors (Lipinski definition) is 2. The number of nitrogens with one attached hydrogen (secondary N) is 1. The Morgan fingerprint density at radius 3 is 2.78 bits per heavy atom. The van der Waals surface area contributed by atoms with E-state index < -0.39 is 5.82 Å². The van der Waals surface area contributed by atoms with Crippen molar-refractivity contribution in [3.05, 3.63) is 57.8 Å². The third-order valence-electron chi connectivity index (χ3n) is 2.84. The lowest BCUT2D eigenvalue weighted by Crippen LogP contribution is -2.21. The Morgan fingerprint density at radius 1 is 1.28 bits per heavy atom. The molecule has 0 spiro atoms. The molecule has 1 atom stereocenters. The predicted octanol–water partition coefficient (Wildman–Crippen LogP) is 4.27. The van der Waals surface area contributed by atoms with E-state index in [-0.39, 0.29) is 11.9 Å². The molecule has 0 fully saturated rings. The highest BCUT2D eigenvalue weighted by atomic mass is 32.1. The van der Waals surface area contributed by atoms with Crippen molar-refractivity contribution >= 4 is 11.3 Å². The molecule has 0 aliphatic rings. The highest BCUT2D eigenvalue weighted by Crippen LogP contribution is 2.22. The SMILES string of the molecule is CC[C@@H](NCc1cccs1)c1cc(F)ccc1F. The van der Waals surface area contributed by atoms with Gasteiger partial charge >= 0.3 is 0 Å². The van der Waals surface area contributed by atoms with Crippen LogP contribution < -0.4 is 5.32 Å². The highest BCUT2D eigenvalue weighted by Gasteiger charge is 2.14. The van der Waals surface area contributed by atoms with Gasteiger partial charge in [-0.3, -0.25) is 0 Å². The van der Waals surface area contributed by atoms with E-state index in [1.807, 2.05) is 24.4 Å². The van der Waals surface area contributed by atoms with Crippen LogP contribution in [0.4, 0.5) is 8.78 Å². The fourth-order valence-electron chi connectivity index (χ4n) is 1.89. The molecule has 0 amide bonds. The molecule has 18 heavy (non-hydrogen) atoms. The maximum Gasteiger partial charge on any atom is 0.128 e. The quantitative estimate of drug-likeness (QED) is 0.853. The van der Waals surface area contributed by atoms with E-state index in [4.69, 9.17) is 0 Å². The minimum absolute atomic E-state index is 0.164. The van der Waals surface area contributed by atoms with Crippen molar-refractivity contribution in [1.82, 2.24) is 5.32 Å². The molecule has 1 nitrogen and oxygen atoms in total. The Labute approximate surface area is 109 Å². The second kappa shape index (κ2) is 6.07. The van der Waals surface area contributed by atoms with Crippen molar-refractivity contribution in [1.29, 1.82) is 0 Å². The summed E-state index contributed by atoms with van der Waals surface area (Å²) in [5.41, 5.74) is 0.397. The summed E-state index contributed by atoms with van der Waals surface area (Å²) in [5, 5.41) is 5.26. The third kappa shape index (κ3) is 3.15. The molecule has 1 N–H and O–H groups in total. The topological polar surface area (TPSA) is 12.0 Å². The van der Waals surface area contributed by atoms with Crippen molar-refractivity contribution in [2.75, 3.05) is 0 Å². The van der Waals surface area contributed by atoms with Crippen LogP contribution in [0.1, 0.15) is 29.8 Å². The average Bonchev–Trinajstić information content (AvgIpc) is 2.87. The fourth-order valence-corrected chi connectivity index (χ4v) is 2.55. The molecule has 1 aromatic carbocycles. The van der Waals surface area contributed by atoms with Crippen molar-refractivity contribution in [3.8, 4) is 0 Å². The number of hydrogen-bond donors (Lipinski definition) is 1. The van der Waals surface area contributed by atoms with Crippen molar-refractivity contribution in [2.24, 2.45) is 0 Å². The number of halogens is 2. The van der Waals surface area contributed by atoms with E-state index in [1.165, 1.54) is 17.0 Å². The monoisotopic (exact) mass is 267 g/mol. The Hall–Kier alpha value is -1.26. The smallest absolute Gasteiger partial charge is 0.128 e. The molecule has 0 saturated carbocycles. The first kappa shape index (κ1) is 13.2. The first-order valence-electron chi connectivity index (χ1n) is 5.91. The van der Waals surface area contributed by atoms with Crippen LogP contribution in [0.3, 0.4) is 0 Å². The molecule has 0 bridgehead atoms. The van der Waals surface area contributed by atoms with Crippen LogP contribution in [0.2, 0.25) is 0 Å². The highest BCUT2D eigenvalue weighted by molar-refractivity contribution is 7.09. The molecule has 0 aliphatic heterocycles. The van der Waals surface area contributed by atoms with Crippen LogP contribution in [-0.2, 0) is 6.54 Å². The average molecular weight is 267 g/mol. The van der Waals surface area contributed by atoms with Gasteiger partial charge < -0.3 is 5.32 Å². The van der Waals surface area contributed by atoms with Crippen LogP contribution in [0.15, 0.2) is 35.7 Å². The minimum Gasteiger partial charge on any atom is -0.305 e. The summed E-state index contributed by atoms with van der Waals surface area (Å²) in [6.07, 6.45) is 0.714. The molecule has 0 radical (unpaired) electrons.